The van der Waals surface area contributed by atoms with Crippen LogP contribution in [0, 0.1) is 5.92 Å². The van der Waals surface area contributed by atoms with Crippen LogP contribution in [0.4, 0.5) is 0 Å². The van der Waals surface area contributed by atoms with Gasteiger partial charge in [0.1, 0.15) is 6.04 Å². The van der Waals surface area contributed by atoms with Crippen molar-refractivity contribution in [3.8, 4) is 0 Å². The number of nitrogens with two attached hydrogens (primary N) is 2. The number of hydrogen-bond donors (Lipinski definition) is 2. The fraction of sp³-hybridized carbons (Fsp3) is 0.857. The van der Waals surface area contributed by atoms with E-state index in [0.29, 0.717) is 13.0 Å². The molecule has 0 aromatic carbocycles. The van der Waals surface area contributed by atoms with E-state index in [0.717, 1.165) is 57.8 Å². The minimum Gasteiger partial charge on any atom is -0.330 e. The van der Waals surface area contributed by atoms with Crippen molar-refractivity contribution in [2.75, 3.05) is 6.54 Å². The molecule has 0 aromatic rings. The smallest absolute Gasteiger partial charge is 0.330 e. The number of carbonyl (C=O) groups is 2. The standard InChI is InChI=1S/C28H54N2O4/c1-3-5-7-8-9-10-11-12-13-14-15-16-17-18-22-25(21-6-4-2)27(31)33-34-28(32)26(30)23-19-20-24-29/h12-13,25-26H,3-11,14-24,29-30H2,1-2H3/b13-12-. The lowest BCUT2D eigenvalue weighted by Gasteiger charge is -2.15. The molecule has 34 heavy (non-hydrogen) atoms. The molecular weight excluding hydrogens is 428 g/mol. The average molecular weight is 483 g/mol. The fourth-order valence-corrected chi connectivity index (χ4v) is 3.95. The van der Waals surface area contributed by atoms with Crippen LogP contribution in [0.2, 0.25) is 0 Å². The molecule has 0 aliphatic carbocycles. The molecule has 0 aliphatic rings. The van der Waals surface area contributed by atoms with Gasteiger partial charge in [0, 0.05) is 0 Å². The highest BCUT2D eigenvalue weighted by atomic mass is 17.2. The minimum absolute atomic E-state index is 0.224. The number of unbranched alkanes of at least 4 members (excludes halogenated alkanes) is 12. The van der Waals surface area contributed by atoms with Crippen LogP contribution >= 0.6 is 0 Å². The maximum Gasteiger partial charge on any atom is 0.372 e. The molecule has 0 heterocycles. The maximum atomic E-state index is 12.4. The highest BCUT2D eigenvalue weighted by Gasteiger charge is 2.23. The number of rotatable bonds is 23. The largest absolute Gasteiger partial charge is 0.372 e. The summed E-state index contributed by atoms with van der Waals surface area (Å²) in [6.45, 7) is 4.92. The van der Waals surface area contributed by atoms with Crippen LogP contribution in [-0.4, -0.2) is 24.5 Å². The van der Waals surface area contributed by atoms with Gasteiger partial charge >= 0.3 is 11.9 Å². The molecule has 0 amide bonds. The summed E-state index contributed by atoms with van der Waals surface area (Å²) in [5, 5.41) is 0. The molecule has 0 radical (unpaired) electrons. The van der Waals surface area contributed by atoms with Crippen molar-refractivity contribution >= 4 is 11.9 Å². The van der Waals surface area contributed by atoms with Crippen LogP contribution in [0.3, 0.4) is 0 Å². The summed E-state index contributed by atoms with van der Waals surface area (Å²) < 4.78 is 0. The van der Waals surface area contributed by atoms with E-state index in [1.165, 1.54) is 57.8 Å². The number of hydrogen-bond acceptors (Lipinski definition) is 6. The first-order valence-electron chi connectivity index (χ1n) is 14.1. The summed E-state index contributed by atoms with van der Waals surface area (Å²) in [6, 6.07) is -0.784. The topological polar surface area (TPSA) is 105 Å². The Balaban J connectivity index is 3.96. The molecule has 0 saturated carbocycles. The van der Waals surface area contributed by atoms with Gasteiger partial charge < -0.3 is 11.5 Å². The minimum atomic E-state index is -0.784. The zero-order valence-corrected chi connectivity index (χ0v) is 22.2. The predicted octanol–water partition coefficient (Wildman–Crippen LogP) is 6.90. The summed E-state index contributed by atoms with van der Waals surface area (Å²) in [6.07, 6.45) is 25.1. The first kappa shape index (κ1) is 32.6. The van der Waals surface area contributed by atoms with Gasteiger partial charge in [-0.25, -0.2) is 19.4 Å². The molecule has 200 valence electrons. The van der Waals surface area contributed by atoms with Crippen LogP contribution in [0.25, 0.3) is 0 Å². The second-order valence-corrected chi connectivity index (χ2v) is 9.55. The quantitative estimate of drug-likeness (QED) is 0.0710. The van der Waals surface area contributed by atoms with E-state index < -0.39 is 18.0 Å². The Morgan fingerprint density at radius 3 is 1.76 bits per heavy atom. The zero-order chi connectivity index (χ0) is 25.3. The first-order valence-corrected chi connectivity index (χ1v) is 14.1. The lowest BCUT2D eigenvalue weighted by atomic mass is 9.95. The molecule has 0 aromatic heterocycles. The molecule has 0 spiro atoms. The van der Waals surface area contributed by atoms with E-state index in [1.54, 1.807) is 0 Å². The molecule has 0 bridgehead atoms. The van der Waals surface area contributed by atoms with Gasteiger partial charge in [-0.05, 0) is 57.9 Å². The van der Waals surface area contributed by atoms with Crippen molar-refractivity contribution in [3.05, 3.63) is 12.2 Å². The zero-order valence-electron chi connectivity index (χ0n) is 22.2. The number of carbonyl (C=O) groups excluding carboxylic acids is 2. The van der Waals surface area contributed by atoms with Gasteiger partial charge in [-0.3, -0.25) is 0 Å². The first-order chi connectivity index (χ1) is 16.6. The lowest BCUT2D eigenvalue weighted by molar-refractivity contribution is -0.263. The van der Waals surface area contributed by atoms with E-state index in [2.05, 4.69) is 26.0 Å². The van der Waals surface area contributed by atoms with E-state index in [1.807, 2.05) is 0 Å². The van der Waals surface area contributed by atoms with Gasteiger partial charge in [0.25, 0.3) is 0 Å². The third-order valence-electron chi connectivity index (χ3n) is 6.28. The third kappa shape index (κ3) is 20.0. The van der Waals surface area contributed by atoms with Crippen molar-refractivity contribution in [3.63, 3.8) is 0 Å². The molecule has 2 atom stereocenters. The molecule has 6 nitrogen and oxygen atoms in total. The predicted molar refractivity (Wildman–Crippen MR) is 141 cm³/mol. The summed E-state index contributed by atoms with van der Waals surface area (Å²) in [5.41, 5.74) is 11.2. The van der Waals surface area contributed by atoms with Crippen molar-refractivity contribution in [2.24, 2.45) is 17.4 Å². The highest BCUT2D eigenvalue weighted by molar-refractivity contribution is 5.77. The van der Waals surface area contributed by atoms with E-state index in [-0.39, 0.29) is 5.92 Å². The van der Waals surface area contributed by atoms with E-state index in [4.69, 9.17) is 21.2 Å². The van der Waals surface area contributed by atoms with Crippen molar-refractivity contribution in [2.45, 2.75) is 142 Å². The Labute approximate surface area is 209 Å². The van der Waals surface area contributed by atoms with Gasteiger partial charge in [-0.15, -0.1) is 0 Å². The Hall–Kier alpha value is -1.40. The summed E-state index contributed by atoms with van der Waals surface area (Å²) in [7, 11) is 0. The molecule has 0 rings (SSSR count). The fourth-order valence-electron chi connectivity index (χ4n) is 3.95. The van der Waals surface area contributed by atoms with Crippen molar-refractivity contribution in [1.29, 1.82) is 0 Å². The Morgan fingerprint density at radius 2 is 1.15 bits per heavy atom. The summed E-state index contributed by atoms with van der Waals surface area (Å²) >= 11 is 0. The Kier molecular flexibility index (Phi) is 23.7. The summed E-state index contributed by atoms with van der Waals surface area (Å²) in [4.78, 5) is 33.9. The van der Waals surface area contributed by atoms with E-state index >= 15 is 0 Å². The van der Waals surface area contributed by atoms with Crippen LogP contribution in [-0.2, 0) is 19.4 Å². The van der Waals surface area contributed by atoms with Crippen molar-refractivity contribution in [1.82, 2.24) is 0 Å². The van der Waals surface area contributed by atoms with Crippen LogP contribution < -0.4 is 11.5 Å². The normalized spacial score (nSPS) is 13.2. The van der Waals surface area contributed by atoms with Gasteiger partial charge in [0.15, 0.2) is 0 Å². The molecule has 0 fully saturated rings. The molecular formula is C28H54N2O4. The second kappa shape index (κ2) is 24.7. The van der Waals surface area contributed by atoms with Gasteiger partial charge in [0.2, 0.25) is 0 Å². The molecule has 0 saturated heterocycles. The van der Waals surface area contributed by atoms with Gasteiger partial charge in [-0.2, -0.15) is 0 Å². The maximum absolute atomic E-state index is 12.4. The van der Waals surface area contributed by atoms with Crippen LogP contribution in [0.1, 0.15) is 136 Å². The second-order valence-electron chi connectivity index (χ2n) is 9.55. The van der Waals surface area contributed by atoms with Crippen LogP contribution in [0.15, 0.2) is 12.2 Å². The SMILES string of the molecule is CCCCCCCC/C=C\CCCCCCC(CCCC)C(=O)OOC(=O)C(N)CCCCN. The molecule has 0 aliphatic heterocycles. The third-order valence-corrected chi connectivity index (χ3v) is 6.28. The summed E-state index contributed by atoms with van der Waals surface area (Å²) in [5.74, 6) is -1.36. The van der Waals surface area contributed by atoms with Crippen molar-refractivity contribution < 1.29 is 19.4 Å². The molecule has 2 unspecified atom stereocenters. The molecule has 4 N–H and O–H groups in total. The van der Waals surface area contributed by atoms with Gasteiger partial charge in [-0.1, -0.05) is 96.6 Å². The average Bonchev–Trinajstić information content (AvgIpc) is 2.84. The Morgan fingerprint density at radius 1 is 0.647 bits per heavy atom. The number of allylic oxidation sites excluding steroid dienone is 2. The van der Waals surface area contributed by atoms with E-state index in [9.17, 15) is 9.59 Å². The monoisotopic (exact) mass is 482 g/mol. The van der Waals surface area contributed by atoms with Crippen LogP contribution in [0.5, 0.6) is 0 Å². The van der Waals surface area contributed by atoms with Gasteiger partial charge in [0.05, 0.1) is 5.92 Å². The Bertz CT molecular complexity index is 511. The highest BCUT2D eigenvalue weighted by Crippen LogP contribution is 2.20. The lowest BCUT2D eigenvalue weighted by Crippen LogP contribution is -2.33. The molecule has 6 heteroatoms.